The summed E-state index contributed by atoms with van der Waals surface area (Å²) >= 11 is 1.11. The van der Waals surface area contributed by atoms with Crippen LogP contribution in [-0.2, 0) is 6.42 Å². The van der Waals surface area contributed by atoms with Crippen molar-refractivity contribution in [3.8, 4) is 6.07 Å². The Hall–Kier alpha value is -2.26. The average Bonchev–Trinajstić information content (AvgIpc) is 2.94. The van der Waals surface area contributed by atoms with Gasteiger partial charge in [0.05, 0.1) is 17.3 Å². The van der Waals surface area contributed by atoms with Gasteiger partial charge in [-0.2, -0.15) is 5.26 Å². The van der Waals surface area contributed by atoms with E-state index in [0.29, 0.717) is 16.9 Å². The number of aromatic nitrogens is 2. The summed E-state index contributed by atoms with van der Waals surface area (Å²) in [5.74, 6) is -0.128. The van der Waals surface area contributed by atoms with Gasteiger partial charge in [0.2, 0.25) is 0 Å². The third-order valence-corrected chi connectivity index (χ3v) is 3.53. The van der Waals surface area contributed by atoms with Crippen molar-refractivity contribution >= 4 is 23.1 Å². The number of amides is 1. The first-order valence-electron chi connectivity index (χ1n) is 5.76. The van der Waals surface area contributed by atoms with Crippen LogP contribution >= 0.6 is 11.5 Å². The molecule has 1 heterocycles. The maximum Gasteiger partial charge on any atom is 0.271 e. The largest absolute Gasteiger partial charge is 0.311 e. The van der Waals surface area contributed by atoms with Crippen molar-refractivity contribution in [1.82, 2.24) is 9.59 Å². The van der Waals surface area contributed by atoms with Crippen LogP contribution in [0.3, 0.4) is 0 Å². The van der Waals surface area contributed by atoms with Crippen LogP contribution in [0.5, 0.6) is 0 Å². The first-order chi connectivity index (χ1) is 9.17. The van der Waals surface area contributed by atoms with Crippen molar-refractivity contribution in [3.05, 3.63) is 40.4 Å². The van der Waals surface area contributed by atoms with Gasteiger partial charge >= 0.3 is 0 Å². The molecule has 1 aromatic heterocycles. The second-order valence-corrected chi connectivity index (χ2v) is 4.68. The molecule has 0 aliphatic heterocycles. The minimum Gasteiger partial charge on any atom is -0.311 e. The number of carbonyl (C=O) groups excluding carboxylic acids is 1. The molecule has 0 unspecified atom stereocenters. The molecule has 5 nitrogen and oxygen atoms in total. The van der Waals surface area contributed by atoms with Crippen LogP contribution in [0.2, 0.25) is 0 Å². The van der Waals surface area contributed by atoms with Gasteiger partial charge in [-0.05, 0) is 42.2 Å². The standard InChI is InChI=1S/C13H12N4OS/c1-3-11-12(19-16-15-11)13(18)17(2)10-6-4-9(8-14)5-7-10/h4-7H,3H2,1-2H3. The predicted molar refractivity (Wildman–Crippen MR) is 73.2 cm³/mol. The Morgan fingerprint density at radius 3 is 2.68 bits per heavy atom. The summed E-state index contributed by atoms with van der Waals surface area (Å²) in [5, 5.41) is 12.7. The first kappa shape index (κ1) is 13.2. The molecule has 0 aliphatic rings. The number of aryl methyl sites for hydroxylation is 1. The topological polar surface area (TPSA) is 69.9 Å². The fourth-order valence-electron chi connectivity index (χ4n) is 1.63. The molecule has 1 aromatic carbocycles. The summed E-state index contributed by atoms with van der Waals surface area (Å²) in [4.78, 5) is 14.4. The number of rotatable bonds is 3. The molecule has 0 bridgehead atoms. The van der Waals surface area contributed by atoms with E-state index in [1.807, 2.05) is 13.0 Å². The quantitative estimate of drug-likeness (QED) is 0.859. The molecule has 1 amide bonds. The lowest BCUT2D eigenvalue weighted by atomic mass is 10.2. The van der Waals surface area contributed by atoms with Gasteiger partial charge in [0.1, 0.15) is 4.88 Å². The van der Waals surface area contributed by atoms with Crippen molar-refractivity contribution in [1.29, 1.82) is 5.26 Å². The maximum atomic E-state index is 12.3. The molecule has 0 saturated carbocycles. The third kappa shape index (κ3) is 2.61. The van der Waals surface area contributed by atoms with Crippen LogP contribution in [0.1, 0.15) is 27.9 Å². The van der Waals surface area contributed by atoms with Crippen LogP contribution in [0, 0.1) is 11.3 Å². The molecule has 6 heteroatoms. The molecule has 0 atom stereocenters. The Labute approximate surface area is 115 Å². The molecule has 96 valence electrons. The molecule has 0 radical (unpaired) electrons. The molecular weight excluding hydrogens is 260 g/mol. The lowest BCUT2D eigenvalue weighted by Gasteiger charge is -2.16. The van der Waals surface area contributed by atoms with E-state index in [-0.39, 0.29) is 5.91 Å². The molecule has 19 heavy (non-hydrogen) atoms. The van der Waals surface area contributed by atoms with E-state index in [1.165, 1.54) is 4.90 Å². The zero-order valence-corrected chi connectivity index (χ0v) is 11.4. The SMILES string of the molecule is CCc1nnsc1C(=O)N(C)c1ccc(C#N)cc1. The Kier molecular flexibility index (Phi) is 3.88. The highest BCUT2D eigenvalue weighted by Gasteiger charge is 2.19. The molecular formula is C13H12N4OS. The number of nitrogens with zero attached hydrogens (tertiary/aromatic N) is 4. The smallest absolute Gasteiger partial charge is 0.271 e. The number of nitriles is 1. The van der Waals surface area contributed by atoms with E-state index >= 15 is 0 Å². The third-order valence-electron chi connectivity index (χ3n) is 2.77. The lowest BCUT2D eigenvalue weighted by molar-refractivity contribution is 0.0996. The highest BCUT2D eigenvalue weighted by Crippen LogP contribution is 2.19. The predicted octanol–water partition coefficient (Wildman–Crippen LogP) is 2.25. The van der Waals surface area contributed by atoms with Crippen LogP contribution in [0.15, 0.2) is 24.3 Å². The summed E-state index contributed by atoms with van der Waals surface area (Å²) in [6.07, 6.45) is 0.679. The average molecular weight is 272 g/mol. The summed E-state index contributed by atoms with van der Waals surface area (Å²) < 4.78 is 3.82. The number of carbonyl (C=O) groups is 1. The Bertz CT molecular complexity index is 627. The highest BCUT2D eigenvalue weighted by molar-refractivity contribution is 7.08. The molecule has 2 aromatic rings. The first-order valence-corrected chi connectivity index (χ1v) is 6.54. The zero-order chi connectivity index (χ0) is 13.8. The Morgan fingerprint density at radius 1 is 1.42 bits per heavy atom. The molecule has 0 fully saturated rings. The molecule has 0 N–H and O–H groups in total. The van der Waals surface area contributed by atoms with Gasteiger partial charge in [0.15, 0.2) is 0 Å². The second kappa shape index (κ2) is 5.59. The molecule has 0 spiro atoms. The normalized spacial score (nSPS) is 9.95. The van der Waals surface area contributed by atoms with Gasteiger partial charge in [-0.3, -0.25) is 4.79 Å². The number of hydrogen-bond acceptors (Lipinski definition) is 5. The van der Waals surface area contributed by atoms with E-state index in [2.05, 4.69) is 9.59 Å². The lowest BCUT2D eigenvalue weighted by Crippen LogP contribution is -2.26. The van der Waals surface area contributed by atoms with Crippen LogP contribution in [0.4, 0.5) is 5.69 Å². The zero-order valence-electron chi connectivity index (χ0n) is 10.6. The number of hydrogen-bond donors (Lipinski definition) is 0. The van der Waals surface area contributed by atoms with Gasteiger partial charge in [0.25, 0.3) is 5.91 Å². The van der Waals surface area contributed by atoms with Crippen LogP contribution in [-0.4, -0.2) is 22.5 Å². The van der Waals surface area contributed by atoms with Crippen molar-refractivity contribution in [2.45, 2.75) is 13.3 Å². The van der Waals surface area contributed by atoms with Crippen molar-refractivity contribution in [2.24, 2.45) is 0 Å². The number of anilines is 1. The van der Waals surface area contributed by atoms with Gasteiger partial charge in [-0.15, -0.1) is 5.10 Å². The molecule has 0 saturated heterocycles. The minimum absolute atomic E-state index is 0.128. The van der Waals surface area contributed by atoms with E-state index < -0.39 is 0 Å². The van der Waals surface area contributed by atoms with Crippen molar-refractivity contribution < 1.29 is 4.79 Å². The van der Waals surface area contributed by atoms with Gasteiger partial charge in [-0.25, -0.2) is 0 Å². The Morgan fingerprint density at radius 2 is 2.11 bits per heavy atom. The fourth-order valence-corrected chi connectivity index (χ4v) is 2.36. The van der Waals surface area contributed by atoms with Gasteiger partial charge in [-0.1, -0.05) is 11.4 Å². The minimum atomic E-state index is -0.128. The van der Waals surface area contributed by atoms with Crippen LogP contribution in [0.25, 0.3) is 0 Å². The van der Waals surface area contributed by atoms with E-state index in [1.54, 1.807) is 31.3 Å². The van der Waals surface area contributed by atoms with Crippen molar-refractivity contribution in [3.63, 3.8) is 0 Å². The van der Waals surface area contributed by atoms with E-state index in [9.17, 15) is 4.79 Å². The number of benzene rings is 1. The molecule has 2 rings (SSSR count). The maximum absolute atomic E-state index is 12.3. The fraction of sp³-hybridized carbons (Fsp3) is 0.231. The summed E-state index contributed by atoms with van der Waals surface area (Å²) in [6, 6.07) is 8.91. The molecule has 0 aliphatic carbocycles. The monoisotopic (exact) mass is 272 g/mol. The second-order valence-electron chi connectivity index (χ2n) is 3.93. The Balaban J connectivity index is 2.26. The van der Waals surface area contributed by atoms with Gasteiger partial charge < -0.3 is 4.90 Å². The van der Waals surface area contributed by atoms with E-state index in [0.717, 1.165) is 22.9 Å². The highest BCUT2D eigenvalue weighted by atomic mass is 32.1. The summed E-state index contributed by atoms with van der Waals surface area (Å²) in [6.45, 7) is 1.94. The summed E-state index contributed by atoms with van der Waals surface area (Å²) in [5.41, 5.74) is 2.02. The van der Waals surface area contributed by atoms with Crippen LogP contribution < -0.4 is 4.90 Å². The van der Waals surface area contributed by atoms with Crippen molar-refractivity contribution in [2.75, 3.05) is 11.9 Å². The van der Waals surface area contributed by atoms with E-state index in [4.69, 9.17) is 5.26 Å². The van der Waals surface area contributed by atoms with Gasteiger partial charge in [0, 0.05) is 12.7 Å². The summed E-state index contributed by atoms with van der Waals surface area (Å²) in [7, 11) is 1.70.